The zero-order chi connectivity index (χ0) is 22.3. The second kappa shape index (κ2) is 7.99. The number of benzene rings is 1. The van der Waals surface area contributed by atoms with Crippen LogP contribution < -0.4 is 4.90 Å². The normalized spacial score (nSPS) is 15.9. The molecule has 0 bridgehead atoms. The third-order valence-electron chi connectivity index (χ3n) is 5.34. The van der Waals surface area contributed by atoms with Crippen LogP contribution in [0.4, 0.5) is 5.82 Å². The highest BCUT2D eigenvalue weighted by Crippen LogP contribution is 2.32. The molecule has 1 saturated heterocycles. The van der Waals surface area contributed by atoms with E-state index in [0.29, 0.717) is 37.9 Å². The summed E-state index contributed by atoms with van der Waals surface area (Å²) in [4.78, 5) is 14.7. The molecule has 1 aliphatic rings. The number of fused-ring (bicyclic) bond motifs is 1. The summed E-state index contributed by atoms with van der Waals surface area (Å²) in [6, 6.07) is 9.49. The Morgan fingerprint density at radius 2 is 1.91 bits per heavy atom. The number of nitrogens with one attached hydrogen (secondary N) is 1. The Bertz CT molecular complexity index is 1370. The number of H-pyrrole nitrogens is 1. The van der Waals surface area contributed by atoms with E-state index < -0.39 is 15.1 Å². The molecule has 0 saturated carbocycles. The van der Waals surface area contributed by atoms with Crippen molar-refractivity contribution in [1.29, 1.82) is 0 Å². The lowest BCUT2D eigenvalue weighted by Crippen LogP contribution is -2.37. The van der Waals surface area contributed by atoms with Gasteiger partial charge in [-0.15, -0.1) is 10.2 Å². The van der Waals surface area contributed by atoms with Crippen LogP contribution in [0, 0.1) is 6.92 Å². The van der Waals surface area contributed by atoms with Gasteiger partial charge in [0.1, 0.15) is 5.82 Å². The maximum atomic E-state index is 12.8. The van der Waals surface area contributed by atoms with Gasteiger partial charge in [-0.05, 0) is 24.3 Å². The number of aromatic nitrogens is 5. The minimum atomic E-state index is -3.66. The summed E-state index contributed by atoms with van der Waals surface area (Å²) in [7, 11) is -3.66. The summed E-state index contributed by atoms with van der Waals surface area (Å²) >= 11 is 0. The topological polar surface area (TPSA) is 127 Å². The van der Waals surface area contributed by atoms with Crippen LogP contribution in [0.5, 0.6) is 0 Å². The molecule has 3 aromatic heterocycles. The number of sulfone groups is 1. The summed E-state index contributed by atoms with van der Waals surface area (Å²) in [5.74, 6) is 1.34. The van der Waals surface area contributed by atoms with Crippen molar-refractivity contribution in [3.05, 3.63) is 54.0 Å². The molecule has 5 rings (SSSR count). The Morgan fingerprint density at radius 3 is 2.62 bits per heavy atom. The van der Waals surface area contributed by atoms with E-state index in [4.69, 9.17) is 14.1 Å². The minimum absolute atomic E-state index is 0.0105. The van der Waals surface area contributed by atoms with Crippen molar-refractivity contribution < 1.29 is 17.6 Å². The number of ether oxygens (including phenoxy) is 1. The van der Waals surface area contributed by atoms with Crippen LogP contribution in [-0.4, -0.2) is 66.1 Å². The zero-order valence-electron chi connectivity index (χ0n) is 17.6. The summed E-state index contributed by atoms with van der Waals surface area (Å²) in [5.41, 5.74) is 2.06. The molecule has 1 unspecified atom stereocenters. The molecule has 4 heterocycles. The van der Waals surface area contributed by atoms with Gasteiger partial charge in [0.05, 0.1) is 18.9 Å². The van der Waals surface area contributed by atoms with E-state index in [9.17, 15) is 8.42 Å². The molecular formula is C21H22N6O4S. The van der Waals surface area contributed by atoms with Crippen molar-refractivity contribution in [1.82, 2.24) is 25.1 Å². The Balaban J connectivity index is 1.69. The van der Waals surface area contributed by atoms with E-state index in [1.165, 1.54) is 0 Å². The lowest BCUT2D eigenvalue weighted by atomic mass is 10.1. The number of hydrogen-bond donors (Lipinski definition) is 1. The van der Waals surface area contributed by atoms with Crippen LogP contribution in [0.25, 0.3) is 22.3 Å². The molecular weight excluding hydrogens is 432 g/mol. The lowest BCUT2D eigenvalue weighted by Gasteiger charge is -2.28. The minimum Gasteiger partial charge on any atom is -0.424 e. The van der Waals surface area contributed by atoms with Gasteiger partial charge in [0, 0.05) is 55.0 Å². The third kappa shape index (κ3) is 3.96. The van der Waals surface area contributed by atoms with Gasteiger partial charge in [0.25, 0.3) is 0 Å². The molecule has 1 fully saturated rings. The number of rotatable bonds is 5. The Morgan fingerprint density at radius 1 is 1.09 bits per heavy atom. The Labute approximate surface area is 184 Å². The molecule has 166 valence electrons. The van der Waals surface area contributed by atoms with Crippen molar-refractivity contribution in [2.75, 3.05) is 37.5 Å². The van der Waals surface area contributed by atoms with Crippen molar-refractivity contribution in [3.63, 3.8) is 0 Å². The first-order chi connectivity index (χ1) is 15.4. The highest BCUT2D eigenvalue weighted by atomic mass is 32.2. The number of aryl methyl sites for hydroxylation is 1. The molecule has 32 heavy (non-hydrogen) atoms. The summed E-state index contributed by atoms with van der Waals surface area (Å²) in [6.45, 7) is 4.06. The van der Waals surface area contributed by atoms with Gasteiger partial charge in [0.2, 0.25) is 11.8 Å². The maximum absolute atomic E-state index is 12.8. The molecule has 4 aromatic rings. The molecule has 0 radical (unpaired) electrons. The van der Waals surface area contributed by atoms with Crippen molar-refractivity contribution in [3.8, 4) is 11.4 Å². The van der Waals surface area contributed by atoms with Gasteiger partial charge in [-0.2, -0.15) is 0 Å². The monoisotopic (exact) mass is 454 g/mol. The van der Waals surface area contributed by atoms with Gasteiger partial charge in [0.15, 0.2) is 20.9 Å². The predicted octanol–water partition coefficient (Wildman–Crippen LogP) is 2.29. The largest absolute Gasteiger partial charge is 0.424 e. The Hall–Kier alpha value is -3.31. The number of nitrogens with zero attached hydrogens (tertiary/aromatic N) is 5. The van der Waals surface area contributed by atoms with Gasteiger partial charge in [-0.3, -0.25) is 0 Å². The standard InChI is InChI=1S/C21H22N6O4S/c1-13-25-26-21(31-13)19(32(2,28)29)17-12-18(27-7-9-30-10-8-27)24-20(23-17)15-3-4-16-14(11-15)5-6-22-16/h3-6,11-12,19,22H,7-10H2,1-2H3. The average Bonchev–Trinajstić information content (AvgIpc) is 3.41. The molecule has 1 N–H and O–H groups in total. The molecule has 1 aromatic carbocycles. The molecule has 1 aliphatic heterocycles. The van der Waals surface area contributed by atoms with Crippen LogP contribution in [0.15, 0.2) is 40.9 Å². The van der Waals surface area contributed by atoms with Crippen LogP contribution in [-0.2, 0) is 14.6 Å². The number of morpholine rings is 1. The number of hydrogen-bond acceptors (Lipinski definition) is 9. The molecule has 10 nitrogen and oxygen atoms in total. The quantitative estimate of drug-likeness (QED) is 0.483. The smallest absolute Gasteiger partial charge is 0.240 e. The lowest BCUT2D eigenvalue weighted by molar-refractivity contribution is 0.122. The number of aromatic amines is 1. The molecule has 0 amide bonds. The zero-order valence-corrected chi connectivity index (χ0v) is 18.5. The van der Waals surface area contributed by atoms with Gasteiger partial charge in [-0.1, -0.05) is 0 Å². The van der Waals surface area contributed by atoms with Gasteiger partial charge >= 0.3 is 0 Å². The van der Waals surface area contributed by atoms with Crippen LogP contribution in [0.1, 0.15) is 22.7 Å². The van der Waals surface area contributed by atoms with Crippen LogP contribution >= 0.6 is 0 Å². The van der Waals surface area contributed by atoms with E-state index in [0.717, 1.165) is 22.7 Å². The third-order valence-corrected chi connectivity index (χ3v) is 6.64. The second-order valence-corrected chi connectivity index (χ2v) is 9.85. The fourth-order valence-electron chi connectivity index (χ4n) is 3.81. The fourth-order valence-corrected chi connectivity index (χ4v) is 4.83. The van der Waals surface area contributed by atoms with Crippen LogP contribution in [0.3, 0.4) is 0 Å². The first-order valence-electron chi connectivity index (χ1n) is 10.2. The molecule has 0 aliphatic carbocycles. The predicted molar refractivity (Wildman–Crippen MR) is 118 cm³/mol. The average molecular weight is 455 g/mol. The van der Waals surface area contributed by atoms with Crippen molar-refractivity contribution >= 4 is 26.6 Å². The van der Waals surface area contributed by atoms with Crippen molar-refractivity contribution in [2.45, 2.75) is 12.2 Å². The first-order valence-corrected chi connectivity index (χ1v) is 12.1. The molecule has 11 heteroatoms. The van der Waals surface area contributed by atoms with Crippen LogP contribution in [0.2, 0.25) is 0 Å². The second-order valence-electron chi connectivity index (χ2n) is 7.72. The van der Waals surface area contributed by atoms with Gasteiger partial charge in [-0.25, -0.2) is 18.4 Å². The van der Waals surface area contributed by atoms with E-state index in [2.05, 4.69) is 25.1 Å². The van der Waals surface area contributed by atoms with E-state index in [1.54, 1.807) is 13.0 Å². The Kier molecular flexibility index (Phi) is 5.14. The maximum Gasteiger partial charge on any atom is 0.240 e. The van der Waals surface area contributed by atoms with Crippen molar-refractivity contribution in [2.24, 2.45) is 0 Å². The summed E-state index contributed by atoms with van der Waals surface area (Å²) in [5, 5.41) is 7.60. The molecule has 1 atom stereocenters. The first kappa shape index (κ1) is 20.6. The van der Waals surface area contributed by atoms with E-state index in [-0.39, 0.29) is 17.5 Å². The summed E-state index contributed by atoms with van der Waals surface area (Å²) < 4.78 is 36.5. The van der Waals surface area contributed by atoms with Gasteiger partial charge < -0.3 is 19.0 Å². The fraction of sp³-hybridized carbons (Fsp3) is 0.333. The highest BCUT2D eigenvalue weighted by Gasteiger charge is 2.33. The van der Waals surface area contributed by atoms with E-state index >= 15 is 0 Å². The molecule has 0 spiro atoms. The van der Waals surface area contributed by atoms with E-state index in [1.807, 2.05) is 30.5 Å². The SMILES string of the molecule is Cc1nnc(C(c2cc(N3CCOCC3)nc(-c3ccc4[nH]ccc4c3)n2)S(C)(=O)=O)o1. The number of anilines is 1. The summed E-state index contributed by atoms with van der Waals surface area (Å²) in [6.07, 6.45) is 3.00. The highest BCUT2D eigenvalue weighted by molar-refractivity contribution is 7.91.